The predicted molar refractivity (Wildman–Crippen MR) is 60.1 cm³/mol. The molecule has 0 bridgehead atoms. The Morgan fingerprint density at radius 3 is 2.87 bits per heavy atom. The van der Waals surface area contributed by atoms with E-state index in [0.717, 1.165) is 30.7 Å². The maximum absolute atomic E-state index is 9.04. The number of hydrogen-bond donors (Lipinski definition) is 0. The van der Waals surface area contributed by atoms with Gasteiger partial charge in [-0.25, -0.2) is 0 Å². The summed E-state index contributed by atoms with van der Waals surface area (Å²) in [7, 11) is 3.71. The van der Waals surface area contributed by atoms with Crippen molar-refractivity contribution >= 4 is 0 Å². The summed E-state index contributed by atoms with van der Waals surface area (Å²) in [6.07, 6.45) is 4.01. The highest BCUT2D eigenvalue weighted by Gasteiger charge is 2.14. The van der Waals surface area contributed by atoms with Crippen molar-refractivity contribution in [2.45, 2.75) is 19.8 Å². The number of likely N-dealkylation sites (N-methyl/N-ethyl adjacent to an activating group) is 1. The van der Waals surface area contributed by atoms with Crippen molar-refractivity contribution in [3.8, 4) is 6.07 Å². The molecular formula is C12H18N2O. The van der Waals surface area contributed by atoms with Gasteiger partial charge in [-0.1, -0.05) is 5.57 Å². The lowest BCUT2D eigenvalue weighted by atomic mass is 9.97. The highest BCUT2D eigenvalue weighted by Crippen LogP contribution is 2.25. The minimum atomic E-state index is 0.696. The number of methoxy groups -OCH3 is 1. The molecule has 0 aliphatic heterocycles. The first kappa shape index (κ1) is 11.8. The summed E-state index contributed by atoms with van der Waals surface area (Å²) < 4.78 is 5.03. The van der Waals surface area contributed by atoms with Crippen LogP contribution < -0.4 is 0 Å². The Kier molecular flexibility index (Phi) is 4.38. The van der Waals surface area contributed by atoms with Crippen molar-refractivity contribution < 1.29 is 4.74 Å². The molecule has 82 valence electrons. The summed E-state index contributed by atoms with van der Waals surface area (Å²) in [5, 5.41) is 9.04. The molecular weight excluding hydrogens is 188 g/mol. The summed E-state index contributed by atoms with van der Waals surface area (Å²) in [6, 6.07) is 2.26. The number of allylic oxidation sites excluding steroid dienone is 4. The molecule has 0 atom stereocenters. The van der Waals surface area contributed by atoms with Gasteiger partial charge in [0, 0.05) is 26.4 Å². The van der Waals surface area contributed by atoms with Crippen LogP contribution in [0.5, 0.6) is 0 Å². The minimum absolute atomic E-state index is 0.696. The van der Waals surface area contributed by atoms with Gasteiger partial charge in [0.1, 0.15) is 6.07 Å². The maximum Gasteiger partial charge on any atom is 0.101 e. The van der Waals surface area contributed by atoms with Crippen molar-refractivity contribution in [3.63, 3.8) is 0 Å². The number of ether oxygens (including phenoxy) is 1. The molecule has 0 spiro atoms. The first-order chi connectivity index (χ1) is 7.19. The van der Waals surface area contributed by atoms with E-state index in [-0.39, 0.29) is 0 Å². The molecule has 0 fully saturated rings. The Labute approximate surface area is 91.6 Å². The Morgan fingerprint density at radius 1 is 1.53 bits per heavy atom. The van der Waals surface area contributed by atoms with Crippen LogP contribution in [-0.4, -0.2) is 32.2 Å². The summed E-state index contributed by atoms with van der Waals surface area (Å²) in [6.45, 7) is 3.61. The highest BCUT2D eigenvalue weighted by atomic mass is 16.5. The molecule has 0 heterocycles. The Bertz CT molecular complexity index is 323. The lowest BCUT2D eigenvalue weighted by Gasteiger charge is -2.25. The summed E-state index contributed by atoms with van der Waals surface area (Å²) >= 11 is 0. The minimum Gasteiger partial charge on any atom is -0.383 e. The van der Waals surface area contributed by atoms with E-state index in [9.17, 15) is 0 Å². The second-order valence-corrected chi connectivity index (χ2v) is 3.88. The van der Waals surface area contributed by atoms with E-state index in [1.165, 1.54) is 5.57 Å². The molecule has 0 radical (unpaired) electrons. The smallest absolute Gasteiger partial charge is 0.101 e. The average molecular weight is 206 g/mol. The molecule has 0 saturated heterocycles. The molecule has 0 aromatic rings. The normalized spacial score (nSPS) is 16.0. The molecule has 3 nitrogen and oxygen atoms in total. The van der Waals surface area contributed by atoms with Crippen LogP contribution in [0.25, 0.3) is 0 Å². The Morgan fingerprint density at radius 2 is 2.27 bits per heavy atom. The van der Waals surface area contributed by atoms with Gasteiger partial charge in [-0.15, -0.1) is 0 Å². The molecule has 0 amide bonds. The van der Waals surface area contributed by atoms with Crippen LogP contribution in [0.3, 0.4) is 0 Å². The van der Waals surface area contributed by atoms with Crippen molar-refractivity contribution in [3.05, 3.63) is 22.9 Å². The largest absolute Gasteiger partial charge is 0.383 e. The zero-order valence-corrected chi connectivity index (χ0v) is 9.71. The topological polar surface area (TPSA) is 36.3 Å². The molecule has 1 aliphatic rings. The third-order valence-corrected chi connectivity index (χ3v) is 2.67. The van der Waals surface area contributed by atoms with Gasteiger partial charge < -0.3 is 9.64 Å². The second kappa shape index (κ2) is 5.57. The molecule has 3 heteroatoms. The van der Waals surface area contributed by atoms with Crippen LogP contribution in [0.2, 0.25) is 0 Å². The van der Waals surface area contributed by atoms with Gasteiger partial charge in [-0.05, 0) is 25.8 Å². The van der Waals surface area contributed by atoms with Gasteiger partial charge >= 0.3 is 0 Å². The molecule has 0 N–H and O–H groups in total. The molecule has 0 aromatic heterocycles. The van der Waals surface area contributed by atoms with Gasteiger partial charge in [-0.2, -0.15) is 5.26 Å². The number of hydrogen-bond acceptors (Lipinski definition) is 3. The average Bonchev–Trinajstić information content (AvgIpc) is 2.25. The van der Waals surface area contributed by atoms with E-state index in [1.54, 1.807) is 7.11 Å². The Hall–Kier alpha value is -1.27. The fourth-order valence-corrected chi connectivity index (χ4v) is 1.71. The first-order valence-electron chi connectivity index (χ1n) is 5.19. The first-order valence-corrected chi connectivity index (χ1v) is 5.19. The van der Waals surface area contributed by atoms with E-state index >= 15 is 0 Å². The highest BCUT2D eigenvalue weighted by molar-refractivity contribution is 5.42. The van der Waals surface area contributed by atoms with Gasteiger partial charge in [0.2, 0.25) is 0 Å². The van der Waals surface area contributed by atoms with Crippen molar-refractivity contribution in [1.29, 1.82) is 5.26 Å². The fourth-order valence-electron chi connectivity index (χ4n) is 1.71. The van der Waals surface area contributed by atoms with Crippen molar-refractivity contribution in [2.24, 2.45) is 0 Å². The van der Waals surface area contributed by atoms with Gasteiger partial charge in [-0.3, -0.25) is 0 Å². The van der Waals surface area contributed by atoms with Crippen molar-refractivity contribution in [1.82, 2.24) is 4.90 Å². The van der Waals surface area contributed by atoms with Crippen LogP contribution in [0.15, 0.2) is 22.9 Å². The summed E-state index contributed by atoms with van der Waals surface area (Å²) in [5.41, 5.74) is 3.23. The number of rotatable bonds is 4. The van der Waals surface area contributed by atoms with Crippen LogP contribution in [0, 0.1) is 11.3 Å². The fraction of sp³-hybridized carbons (Fsp3) is 0.583. The molecule has 1 rings (SSSR count). The predicted octanol–water partition coefficient (Wildman–Crippen LogP) is 2.08. The monoisotopic (exact) mass is 206 g/mol. The number of nitrogens with zero attached hydrogens (tertiary/aromatic N) is 2. The summed E-state index contributed by atoms with van der Waals surface area (Å²) in [4.78, 5) is 2.12. The van der Waals surface area contributed by atoms with Gasteiger partial charge in [0.05, 0.1) is 12.2 Å². The Balaban J connectivity index is 2.78. The maximum atomic E-state index is 9.04. The van der Waals surface area contributed by atoms with E-state index in [1.807, 2.05) is 13.1 Å². The van der Waals surface area contributed by atoms with Gasteiger partial charge in [0.15, 0.2) is 0 Å². The molecule has 1 aliphatic carbocycles. The van der Waals surface area contributed by atoms with Gasteiger partial charge in [0.25, 0.3) is 0 Å². The third kappa shape index (κ3) is 3.10. The lowest BCUT2D eigenvalue weighted by Crippen LogP contribution is -2.24. The van der Waals surface area contributed by atoms with E-state index in [4.69, 9.17) is 10.00 Å². The molecule has 0 aromatic carbocycles. The second-order valence-electron chi connectivity index (χ2n) is 3.88. The summed E-state index contributed by atoms with van der Waals surface area (Å²) in [5.74, 6) is 0. The standard InChI is InChI=1S/C12H18N2O/c1-10-4-5-12(11(8-10)9-13)14(2)6-7-15-3/h8H,4-7H2,1-3H3. The molecule has 15 heavy (non-hydrogen) atoms. The number of nitriles is 1. The van der Waals surface area contributed by atoms with Crippen LogP contribution in [0.4, 0.5) is 0 Å². The lowest BCUT2D eigenvalue weighted by molar-refractivity contribution is 0.172. The van der Waals surface area contributed by atoms with E-state index in [2.05, 4.69) is 17.9 Å². The molecule has 0 unspecified atom stereocenters. The molecule has 0 saturated carbocycles. The van der Waals surface area contributed by atoms with E-state index < -0.39 is 0 Å². The van der Waals surface area contributed by atoms with Crippen LogP contribution >= 0.6 is 0 Å². The quantitative estimate of drug-likeness (QED) is 0.706. The third-order valence-electron chi connectivity index (χ3n) is 2.67. The SMILES string of the molecule is COCCN(C)C1=C(C#N)C=C(C)CC1. The van der Waals surface area contributed by atoms with Crippen molar-refractivity contribution in [2.75, 3.05) is 27.3 Å². The van der Waals surface area contributed by atoms with Crippen LogP contribution in [0.1, 0.15) is 19.8 Å². The zero-order valence-electron chi connectivity index (χ0n) is 9.71. The van der Waals surface area contributed by atoms with E-state index in [0.29, 0.717) is 6.61 Å². The zero-order chi connectivity index (χ0) is 11.3. The van der Waals surface area contributed by atoms with Crippen LogP contribution in [-0.2, 0) is 4.74 Å².